The number of anilines is 2. The number of nitrogens with one attached hydrogen (secondary N) is 2. The summed E-state index contributed by atoms with van der Waals surface area (Å²) in [4.78, 5) is 59.4. The maximum absolute atomic E-state index is 13.4. The third-order valence-corrected chi connectivity index (χ3v) is 10.4. The Morgan fingerprint density at radius 3 is 1.48 bits per heavy atom. The molecule has 0 radical (unpaired) electrons. The summed E-state index contributed by atoms with van der Waals surface area (Å²) in [6.07, 6.45) is 11.8. The predicted octanol–water partition coefficient (Wildman–Crippen LogP) is 7.38. The molecule has 2 aliphatic rings. The summed E-state index contributed by atoms with van der Waals surface area (Å²) in [7, 11) is 0. The molecule has 9 nitrogen and oxygen atoms in total. The van der Waals surface area contributed by atoms with Crippen LogP contribution in [0.4, 0.5) is 10.0 Å². The summed E-state index contributed by atoms with van der Waals surface area (Å²) in [5.74, 6) is -1.93. The highest BCUT2D eigenvalue weighted by molar-refractivity contribution is 7.17. The van der Waals surface area contributed by atoms with E-state index in [9.17, 15) is 19.2 Å². The van der Waals surface area contributed by atoms with E-state index in [-0.39, 0.29) is 24.6 Å². The summed E-state index contributed by atoms with van der Waals surface area (Å²) >= 11 is 2.83. The smallest absolute Gasteiger partial charge is 0.341 e. The van der Waals surface area contributed by atoms with Crippen LogP contribution in [0.3, 0.4) is 0 Å². The molecule has 2 aliphatic carbocycles. The van der Waals surface area contributed by atoms with Crippen molar-refractivity contribution in [3.63, 3.8) is 0 Å². The van der Waals surface area contributed by atoms with E-state index >= 15 is 0 Å². The summed E-state index contributed by atoms with van der Waals surface area (Å²) in [6.45, 7) is 3.99. The topological polar surface area (TPSA) is 124 Å². The Bertz CT molecular complexity index is 1430. The number of nitrogens with zero attached hydrogens (tertiary/aromatic N) is 1. The minimum Gasteiger partial charge on any atom is -0.462 e. The Morgan fingerprint density at radius 1 is 0.659 bits per heavy atom. The molecule has 5 rings (SSSR count). The SMILES string of the molecule is CCOC(=O)c1c(NC(=O)c2cccc(C(=O)Nc3sc4c(c3C(=O)OCC)CCCCCC4)n2)sc2c1CCCCCC2. The standard InChI is InChI=1S/C33H39N3O6S2/c1-3-41-32(39)26-20-14-9-5-7-11-18-24(20)43-30(26)35-28(37)22-16-13-17-23(34-22)29(38)36-31-27(33(40)42-4-2)21-15-10-6-8-12-19-25(21)44-31/h13,16-17H,3-12,14-15,18-19H2,1-2H3,(H,35,37)(H,36,38). The molecule has 234 valence electrons. The average molecular weight is 638 g/mol. The lowest BCUT2D eigenvalue weighted by Crippen LogP contribution is -2.20. The quantitative estimate of drug-likeness (QED) is 0.247. The van der Waals surface area contributed by atoms with Crippen LogP contribution >= 0.6 is 22.7 Å². The molecule has 3 aromatic rings. The van der Waals surface area contributed by atoms with Crippen LogP contribution in [-0.2, 0) is 35.2 Å². The van der Waals surface area contributed by atoms with Crippen LogP contribution in [0.2, 0.25) is 0 Å². The maximum atomic E-state index is 13.4. The van der Waals surface area contributed by atoms with Crippen molar-refractivity contribution in [2.45, 2.75) is 90.9 Å². The zero-order valence-electron chi connectivity index (χ0n) is 25.3. The third kappa shape index (κ3) is 7.21. The second kappa shape index (κ2) is 14.9. The second-order valence-electron chi connectivity index (χ2n) is 11.0. The third-order valence-electron chi connectivity index (χ3n) is 7.97. The van der Waals surface area contributed by atoms with E-state index in [0.717, 1.165) is 97.9 Å². The molecule has 0 aliphatic heterocycles. The van der Waals surface area contributed by atoms with Gasteiger partial charge in [-0.2, -0.15) is 0 Å². The van der Waals surface area contributed by atoms with Crippen LogP contribution in [-0.4, -0.2) is 42.0 Å². The average Bonchev–Trinajstić information content (AvgIpc) is 3.49. The number of fused-ring (bicyclic) bond motifs is 2. The minimum atomic E-state index is -0.522. The van der Waals surface area contributed by atoms with Gasteiger partial charge >= 0.3 is 11.9 Å². The molecule has 0 aromatic carbocycles. The van der Waals surface area contributed by atoms with E-state index in [1.54, 1.807) is 19.9 Å². The van der Waals surface area contributed by atoms with E-state index in [0.29, 0.717) is 21.1 Å². The van der Waals surface area contributed by atoms with E-state index in [2.05, 4.69) is 15.6 Å². The van der Waals surface area contributed by atoms with Crippen LogP contribution < -0.4 is 10.6 Å². The Hall–Kier alpha value is -3.57. The van der Waals surface area contributed by atoms with Crippen LogP contribution in [0.25, 0.3) is 0 Å². The Balaban J connectivity index is 1.39. The molecule has 2 N–H and O–H groups in total. The van der Waals surface area contributed by atoms with Crippen molar-refractivity contribution in [1.29, 1.82) is 0 Å². The molecule has 0 saturated carbocycles. The normalized spacial score (nSPS) is 15.0. The lowest BCUT2D eigenvalue weighted by molar-refractivity contribution is 0.0517. The summed E-state index contributed by atoms with van der Waals surface area (Å²) in [6, 6.07) is 4.65. The molecule has 0 saturated heterocycles. The number of ether oxygens (including phenoxy) is 2. The predicted molar refractivity (Wildman–Crippen MR) is 172 cm³/mol. The number of aryl methyl sites for hydroxylation is 2. The first kappa shape index (κ1) is 31.8. The lowest BCUT2D eigenvalue weighted by atomic mass is 9.96. The van der Waals surface area contributed by atoms with Gasteiger partial charge in [0.2, 0.25) is 0 Å². The molecule has 0 unspecified atom stereocenters. The van der Waals surface area contributed by atoms with Crippen molar-refractivity contribution in [1.82, 2.24) is 4.98 Å². The first-order valence-electron chi connectivity index (χ1n) is 15.6. The van der Waals surface area contributed by atoms with Crippen molar-refractivity contribution in [2.24, 2.45) is 0 Å². The molecule has 0 atom stereocenters. The van der Waals surface area contributed by atoms with E-state index in [4.69, 9.17) is 9.47 Å². The van der Waals surface area contributed by atoms with Crippen molar-refractivity contribution in [3.05, 3.63) is 61.6 Å². The van der Waals surface area contributed by atoms with Gasteiger partial charge in [-0.15, -0.1) is 22.7 Å². The molecule has 2 amide bonds. The molecule has 3 heterocycles. The number of hydrogen-bond donors (Lipinski definition) is 2. The first-order chi connectivity index (χ1) is 21.4. The summed E-state index contributed by atoms with van der Waals surface area (Å²) in [5.41, 5.74) is 2.86. The number of pyridine rings is 1. The summed E-state index contributed by atoms with van der Waals surface area (Å²) < 4.78 is 10.7. The number of esters is 2. The number of aromatic nitrogens is 1. The van der Waals surface area contributed by atoms with Gasteiger partial charge in [-0.05, 0) is 88.5 Å². The number of amides is 2. The number of hydrogen-bond acceptors (Lipinski definition) is 9. The Labute approximate surface area is 265 Å². The summed E-state index contributed by atoms with van der Waals surface area (Å²) in [5, 5.41) is 6.68. The first-order valence-corrected chi connectivity index (χ1v) is 17.3. The highest BCUT2D eigenvalue weighted by atomic mass is 32.1. The number of rotatable bonds is 8. The van der Waals surface area contributed by atoms with Gasteiger partial charge < -0.3 is 20.1 Å². The molecular formula is C33H39N3O6S2. The Kier molecular flexibility index (Phi) is 10.8. The van der Waals surface area contributed by atoms with Gasteiger partial charge in [0.15, 0.2) is 0 Å². The monoisotopic (exact) mass is 637 g/mol. The number of thiophene rings is 2. The Morgan fingerprint density at radius 2 is 1.07 bits per heavy atom. The number of carbonyl (C=O) groups excluding carboxylic acids is 4. The molecule has 3 aromatic heterocycles. The van der Waals surface area contributed by atoms with E-state index in [1.807, 2.05) is 0 Å². The van der Waals surface area contributed by atoms with Gasteiger partial charge in [0.25, 0.3) is 11.8 Å². The fourth-order valence-corrected chi connectivity index (χ4v) is 8.42. The zero-order valence-corrected chi connectivity index (χ0v) is 27.0. The van der Waals surface area contributed by atoms with Gasteiger partial charge in [-0.25, -0.2) is 14.6 Å². The van der Waals surface area contributed by atoms with Gasteiger partial charge in [-0.1, -0.05) is 31.7 Å². The zero-order chi connectivity index (χ0) is 31.1. The van der Waals surface area contributed by atoms with Crippen molar-refractivity contribution in [2.75, 3.05) is 23.8 Å². The molecule has 0 bridgehead atoms. The minimum absolute atomic E-state index is 0.0392. The van der Waals surface area contributed by atoms with Gasteiger partial charge in [0.1, 0.15) is 21.4 Å². The fourth-order valence-electron chi connectivity index (χ4n) is 5.88. The van der Waals surface area contributed by atoms with Gasteiger partial charge in [0, 0.05) is 9.75 Å². The highest BCUT2D eigenvalue weighted by Gasteiger charge is 2.29. The van der Waals surface area contributed by atoms with Crippen LogP contribution in [0, 0.1) is 0 Å². The van der Waals surface area contributed by atoms with Gasteiger partial charge in [-0.3, -0.25) is 9.59 Å². The van der Waals surface area contributed by atoms with Gasteiger partial charge in [0.05, 0.1) is 24.3 Å². The second-order valence-corrected chi connectivity index (χ2v) is 13.2. The van der Waals surface area contributed by atoms with Crippen LogP contribution in [0.1, 0.15) is 128 Å². The van der Waals surface area contributed by atoms with Crippen LogP contribution in [0.5, 0.6) is 0 Å². The maximum Gasteiger partial charge on any atom is 0.341 e. The largest absolute Gasteiger partial charge is 0.462 e. The van der Waals surface area contributed by atoms with Crippen LogP contribution in [0.15, 0.2) is 18.2 Å². The molecule has 0 spiro atoms. The van der Waals surface area contributed by atoms with E-state index < -0.39 is 23.8 Å². The van der Waals surface area contributed by atoms with Crippen molar-refractivity contribution < 1.29 is 28.7 Å². The lowest BCUT2D eigenvalue weighted by Gasteiger charge is -2.12. The van der Waals surface area contributed by atoms with Crippen molar-refractivity contribution >= 4 is 56.4 Å². The van der Waals surface area contributed by atoms with Crippen molar-refractivity contribution in [3.8, 4) is 0 Å². The molecule has 0 fully saturated rings. The fraction of sp³-hybridized carbons (Fsp3) is 0.485. The molecule has 44 heavy (non-hydrogen) atoms. The molecule has 11 heteroatoms. The molecular weight excluding hydrogens is 599 g/mol. The highest BCUT2D eigenvalue weighted by Crippen LogP contribution is 2.39. The number of carbonyl (C=O) groups is 4. The van der Waals surface area contributed by atoms with E-state index in [1.165, 1.54) is 34.8 Å².